The summed E-state index contributed by atoms with van der Waals surface area (Å²) in [5, 5.41) is 3.57. The molecule has 1 aliphatic rings. The minimum Gasteiger partial charge on any atom is -0.400 e. The van der Waals surface area contributed by atoms with Gasteiger partial charge in [0.1, 0.15) is 0 Å². The molecule has 0 spiro atoms. The lowest BCUT2D eigenvalue weighted by Crippen LogP contribution is -2.41. The number of halogens is 1. The molecular formula is C19H27BClNO3. The van der Waals surface area contributed by atoms with Gasteiger partial charge in [-0.2, -0.15) is 0 Å². The van der Waals surface area contributed by atoms with Crippen LogP contribution in [0.1, 0.15) is 51.3 Å². The molecule has 6 heteroatoms. The van der Waals surface area contributed by atoms with Crippen LogP contribution in [-0.4, -0.2) is 30.8 Å². The summed E-state index contributed by atoms with van der Waals surface area (Å²) in [6.07, 6.45) is 2.04. The van der Waals surface area contributed by atoms with Crippen LogP contribution >= 0.6 is 11.6 Å². The van der Waals surface area contributed by atoms with Crippen molar-refractivity contribution in [2.24, 2.45) is 0 Å². The summed E-state index contributed by atoms with van der Waals surface area (Å²) in [7, 11) is -0.508. The van der Waals surface area contributed by atoms with E-state index < -0.39 is 18.3 Å². The van der Waals surface area contributed by atoms with Crippen molar-refractivity contribution in [1.29, 1.82) is 0 Å². The van der Waals surface area contributed by atoms with Crippen LogP contribution < -0.4 is 5.32 Å². The van der Waals surface area contributed by atoms with Gasteiger partial charge >= 0.3 is 7.12 Å². The molecule has 0 aromatic heterocycles. The molecule has 1 aromatic rings. The highest BCUT2D eigenvalue weighted by Crippen LogP contribution is 2.39. The molecule has 0 bridgehead atoms. The Kier molecular flexibility index (Phi) is 5.72. The van der Waals surface area contributed by atoms with Crippen molar-refractivity contribution in [3.05, 3.63) is 39.3 Å². The molecular weight excluding hydrogens is 336 g/mol. The van der Waals surface area contributed by atoms with E-state index in [2.05, 4.69) is 5.32 Å². The Hall–Kier alpha value is -1.30. The number of hydrogen-bond donors (Lipinski definition) is 1. The van der Waals surface area contributed by atoms with Crippen molar-refractivity contribution in [3.8, 4) is 0 Å². The molecule has 1 N–H and O–H groups in total. The van der Waals surface area contributed by atoms with Gasteiger partial charge in [0.15, 0.2) is 0 Å². The van der Waals surface area contributed by atoms with Crippen molar-refractivity contribution < 1.29 is 14.1 Å². The fourth-order valence-electron chi connectivity index (χ4n) is 2.76. The number of hydrogen-bond acceptors (Lipinski definition) is 3. The first-order valence-electron chi connectivity index (χ1n) is 8.50. The number of carbonyl (C=O) groups excluding carboxylic acids is 1. The molecule has 1 fully saturated rings. The van der Waals surface area contributed by atoms with E-state index in [-0.39, 0.29) is 5.91 Å². The SMILES string of the molecule is CC(=O)NCC(=Cc1c(C)cc(Cl)cc1C)B1OC(C)(C)C(C)(C)O1. The molecule has 25 heavy (non-hydrogen) atoms. The van der Waals surface area contributed by atoms with Gasteiger partial charge in [0.05, 0.1) is 11.2 Å². The summed E-state index contributed by atoms with van der Waals surface area (Å²) in [6.45, 7) is 14.0. The predicted molar refractivity (Wildman–Crippen MR) is 104 cm³/mol. The van der Waals surface area contributed by atoms with Crippen molar-refractivity contribution >= 4 is 30.7 Å². The van der Waals surface area contributed by atoms with E-state index in [4.69, 9.17) is 20.9 Å². The first-order valence-corrected chi connectivity index (χ1v) is 8.88. The molecule has 1 heterocycles. The van der Waals surface area contributed by atoms with Gasteiger partial charge in [0.25, 0.3) is 0 Å². The Bertz CT molecular complexity index is 674. The number of amides is 1. The summed E-state index contributed by atoms with van der Waals surface area (Å²) < 4.78 is 12.3. The van der Waals surface area contributed by atoms with Crippen LogP contribution in [0.15, 0.2) is 17.6 Å². The van der Waals surface area contributed by atoms with Crippen LogP contribution in [0.25, 0.3) is 6.08 Å². The lowest BCUT2D eigenvalue weighted by atomic mass is 9.76. The summed E-state index contributed by atoms with van der Waals surface area (Å²) in [5.74, 6) is -0.0908. The predicted octanol–water partition coefficient (Wildman–Crippen LogP) is 4.11. The van der Waals surface area contributed by atoms with Crippen molar-refractivity contribution in [1.82, 2.24) is 5.32 Å². The van der Waals surface area contributed by atoms with Gasteiger partial charge in [-0.3, -0.25) is 4.79 Å². The first-order chi connectivity index (χ1) is 11.4. The minimum atomic E-state index is -0.508. The number of aryl methyl sites for hydroxylation is 2. The molecule has 2 rings (SSSR count). The summed E-state index contributed by atoms with van der Waals surface area (Å²) in [4.78, 5) is 11.4. The average Bonchev–Trinajstić information content (AvgIpc) is 2.65. The lowest BCUT2D eigenvalue weighted by molar-refractivity contribution is -0.118. The van der Waals surface area contributed by atoms with Crippen LogP contribution in [-0.2, 0) is 14.1 Å². The molecule has 1 saturated heterocycles. The molecule has 0 aliphatic carbocycles. The van der Waals surface area contributed by atoms with Crippen LogP contribution in [0.4, 0.5) is 0 Å². The molecule has 1 aromatic carbocycles. The van der Waals surface area contributed by atoms with Gasteiger partial charge in [-0.15, -0.1) is 0 Å². The maximum atomic E-state index is 11.4. The van der Waals surface area contributed by atoms with Crippen LogP contribution in [0.5, 0.6) is 0 Å². The normalized spacial score (nSPS) is 19.2. The highest BCUT2D eigenvalue weighted by molar-refractivity contribution is 6.56. The van der Waals surface area contributed by atoms with E-state index in [1.54, 1.807) is 0 Å². The largest absolute Gasteiger partial charge is 0.492 e. The third-order valence-corrected chi connectivity index (χ3v) is 5.20. The lowest BCUT2D eigenvalue weighted by Gasteiger charge is -2.32. The van der Waals surface area contributed by atoms with E-state index in [1.165, 1.54) is 6.92 Å². The third kappa shape index (κ3) is 4.46. The van der Waals surface area contributed by atoms with Crippen molar-refractivity contribution in [3.63, 3.8) is 0 Å². The van der Waals surface area contributed by atoms with Gasteiger partial charge in [-0.05, 0) is 75.8 Å². The number of nitrogens with one attached hydrogen (secondary N) is 1. The number of rotatable bonds is 4. The van der Waals surface area contributed by atoms with Gasteiger partial charge in [-0.1, -0.05) is 17.7 Å². The molecule has 0 unspecified atom stereocenters. The van der Waals surface area contributed by atoms with Gasteiger partial charge in [0, 0.05) is 18.5 Å². The van der Waals surface area contributed by atoms with Gasteiger partial charge < -0.3 is 14.6 Å². The molecule has 136 valence electrons. The van der Waals surface area contributed by atoms with E-state index in [1.807, 2.05) is 59.8 Å². The molecule has 0 atom stereocenters. The molecule has 4 nitrogen and oxygen atoms in total. The zero-order valence-electron chi connectivity index (χ0n) is 16.1. The maximum Gasteiger partial charge on any atom is 0.492 e. The number of carbonyl (C=O) groups is 1. The smallest absolute Gasteiger partial charge is 0.400 e. The Morgan fingerprint density at radius 3 is 2.08 bits per heavy atom. The Labute approximate surface area is 156 Å². The summed E-state index contributed by atoms with van der Waals surface area (Å²) in [5.41, 5.74) is 3.22. The zero-order chi connectivity index (χ0) is 19.0. The van der Waals surface area contributed by atoms with E-state index in [0.717, 1.165) is 22.2 Å². The number of benzene rings is 1. The highest BCUT2D eigenvalue weighted by atomic mass is 35.5. The third-order valence-electron chi connectivity index (χ3n) is 4.99. The Morgan fingerprint density at radius 1 is 1.16 bits per heavy atom. The average molecular weight is 364 g/mol. The Balaban J connectivity index is 2.42. The fraction of sp³-hybridized carbons (Fsp3) is 0.526. The van der Waals surface area contributed by atoms with Gasteiger partial charge in [0.2, 0.25) is 5.91 Å². The monoisotopic (exact) mass is 363 g/mol. The molecule has 1 aliphatic heterocycles. The zero-order valence-corrected chi connectivity index (χ0v) is 16.9. The molecule has 1 amide bonds. The van der Waals surface area contributed by atoms with Crippen LogP contribution in [0.2, 0.25) is 5.02 Å². The topological polar surface area (TPSA) is 47.6 Å². The second kappa shape index (κ2) is 7.14. The first kappa shape index (κ1) is 20.0. The van der Waals surface area contributed by atoms with Crippen LogP contribution in [0.3, 0.4) is 0 Å². The quantitative estimate of drug-likeness (QED) is 0.819. The standard InChI is InChI=1S/C19H27BClNO3/c1-12-8-16(21)9-13(2)17(12)10-15(11-22-14(3)23)20-24-18(4,5)19(6,7)25-20/h8-10H,11H2,1-7H3,(H,22,23). The summed E-state index contributed by atoms with van der Waals surface area (Å²) >= 11 is 6.14. The van der Waals surface area contributed by atoms with E-state index in [9.17, 15) is 4.79 Å². The maximum absolute atomic E-state index is 11.4. The summed E-state index contributed by atoms with van der Waals surface area (Å²) in [6, 6.07) is 3.86. The van der Waals surface area contributed by atoms with Crippen LogP contribution in [0, 0.1) is 13.8 Å². The Morgan fingerprint density at radius 2 is 1.64 bits per heavy atom. The van der Waals surface area contributed by atoms with Gasteiger partial charge in [-0.25, -0.2) is 0 Å². The molecule has 0 saturated carbocycles. The fourth-order valence-corrected chi connectivity index (χ4v) is 3.09. The second-order valence-corrected chi connectivity index (χ2v) is 8.11. The van der Waals surface area contributed by atoms with E-state index in [0.29, 0.717) is 11.6 Å². The van der Waals surface area contributed by atoms with E-state index >= 15 is 0 Å². The van der Waals surface area contributed by atoms with Crippen molar-refractivity contribution in [2.45, 2.75) is 59.7 Å². The minimum absolute atomic E-state index is 0.0908. The molecule has 0 radical (unpaired) electrons. The van der Waals surface area contributed by atoms with Crippen molar-refractivity contribution in [2.75, 3.05) is 6.54 Å². The highest BCUT2D eigenvalue weighted by Gasteiger charge is 2.52. The second-order valence-electron chi connectivity index (χ2n) is 7.67.